The van der Waals surface area contributed by atoms with E-state index in [0.29, 0.717) is 12.8 Å². The van der Waals surface area contributed by atoms with Crippen molar-refractivity contribution in [3.63, 3.8) is 0 Å². The third-order valence-corrected chi connectivity index (χ3v) is 5.26. The molecular formula is C16H22N2O5S. The Hall–Kier alpha value is -2.06. The zero-order chi connectivity index (χ0) is 18.0. The number of rotatable bonds is 4. The summed E-state index contributed by atoms with van der Waals surface area (Å²) >= 11 is 0. The maximum Gasteiger partial charge on any atom is 0.424 e. The quantitative estimate of drug-likeness (QED) is 0.637. The average molecular weight is 354 g/mol. The molecule has 0 saturated heterocycles. The predicted octanol–water partition coefficient (Wildman–Crippen LogP) is 3.13. The maximum atomic E-state index is 13.1. The molecule has 132 valence electrons. The summed E-state index contributed by atoms with van der Waals surface area (Å²) in [4.78, 5) is 12.4. The molecule has 1 aliphatic carbocycles. The second kappa shape index (κ2) is 6.82. The van der Waals surface area contributed by atoms with Crippen molar-refractivity contribution >= 4 is 21.8 Å². The van der Waals surface area contributed by atoms with Crippen molar-refractivity contribution in [3.8, 4) is 0 Å². The lowest BCUT2D eigenvalue weighted by atomic mass is 10.2. The Labute approximate surface area is 141 Å². The number of anilines is 1. The topological polar surface area (TPSA) is 95.9 Å². The van der Waals surface area contributed by atoms with Crippen LogP contribution in [0.1, 0.15) is 33.6 Å². The summed E-state index contributed by atoms with van der Waals surface area (Å²) in [6.07, 6.45) is 3.74. The Bertz CT molecular complexity index is 737. The van der Waals surface area contributed by atoms with E-state index in [0.717, 1.165) is 4.31 Å². The van der Waals surface area contributed by atoms with Crippen LogP contribution in [0, 0.1) is 0 Å². The molecule has 1 aromatic carbocycles. The van der Waals surface area contributed by atoms with Gasteiger partial charge in [-0.05, 0) is 45.7 Å². The average Bonchev–Trinajstić information content (AvgIpc) is 2.98. The molecule has 1 unspecified atom stereocenters. The van der Waals surface area contributed by atoms with Crippen LogP contribution in [-0.4, -0.2) is 35.7 Å². The highest BCUT2D eigenvalue weighted by Crippen LogP contribution is 2.30. The number of para-hydroxylation sites is 1. The van der Waals surface area contributed by atoms with Crippen molar-refractivity contribution in [2.24, 2.45) is 0 Å². The normalized spacial score (nSPS) is 17.6. The van der Waals surface area contributed by atoms with Crippen LogP contribution < -0.4 is 5.48 Å². The van der Waals surface area contributed by atoms with Crippen LogP contribution in [0.3, 0.4) is 0 Å². The number of nitrogens with zero attached hydrogens (tertiary/aromatic N) is 1. The van der Waals surface area contributed by atoms with E-state index >= 15 is 0 Å². The lowest BCUT2D eigenvalue weighted by molar-refractivity contribution is 0.0361. The van der Waals surface area contributed by atoms with E-state index in [1.165, 1.54) is 18.2 Å². The third kappa shape index (κ3) is 3.88. The minimum absolute atomic E-state index is 0.00645. The molecule has 0 radical (unpaired) electrons. The number of carbonyl (C=O) groups is 1. The first kappa shape index (κ1) is 18.3. The van der Waals surface area contributed by atoms with Crippen molar-refractivity contribution in [1.82, 2.24) is 4.31 Å². The van der Waals surface area contributed by atoms with Gasteiger partial charge in [0.25, 0.3) is 10.0 Å². The summed E-state index contributed by atoms with van der Waals surface area (Å²) in [5.41, 5.74) is 1.02. The molecule has 1 atom stereocenters. The Balaban J connectivity index is 2.49. The molecule has 0 fully saturated rings. The second-order valence-electron chi connectivity index (χ2n) is 6.46. The smallest absolute Gasteiger partial charge is 0.424 e. The highest BCUT2D eigenvalue weighted by molar-refractivity contribution is 7.89. The molecule has 1 aliphatic rings. The summed E-state index contributed by atoms with van der Waals surface area (Å²) in [6, 6.07) is 5.21. The first-order valence-corrected chi connectivity index (χ1v) is 9.04. The number of ether oxygens (including phenoxy) is 1. The number of allylic oxidation sites excluding steroid dienone is 1. The van der Waals surface area contributed by atoms with Crippen molar-refractivity contribution in [2.75, 3.05) is 5.48 Å². The van der Waals surface area contributed by atoms with Crippen LogP contribution in [0.4, 0.5) is 10.5 Å². The van der Waals surface area contributed by atoms with Crippen molar-refractivity contribution in [1.29, 1.82) is 0 Å². The van der Waals surface area contributed by atoms with Crippen LogP contribution in [0.25, 0.3) is 0 Å². The van der Waals surface area contributed by atoms with Crippen LogP contribution in [0.15, 0.2) is 41.3 Å². The van der Waals surface area contributed by atoms with E-state index in [9.17, 15) is 18.4 Å². The SMILES string of the molecule is CC(C)(C)OC(=O)N(C1C=CCC1)S(=O)(=O)c1ccccc1NO. The molecule has 2 rings (SSSR count). The number of sulfonamides is 1. The van der Waals surface area contributed by atoms with Gasteiger partial charge in [-0.25, -0.2) is 13.2 Å². The minimum atomic E-state index is -4.21. The fourth-order valence-electron chi connectivity index (χ4n) is 2.42. The van der Waals surface area contributed by atoms with Crippen LogP contribution in [0.5, 0.6) is 0 Å². The number of hydrogen-bond donors (Lipinski definition) is 2. The largest absolute Gasteiger partial charge is 0.443 e. The van der Waals surface area contributed by atoms with Gasteiger partial charge in [0.15, 0.2) is 0 Å². The molecule has 24 heavy (non-hydrogen) atoms. The lowest BCUT2D eigenvalue weighted by Gasteiger charge is -2.30. The fraction of sp³-hybridized carbons (Fsp3) is 0.438. The molecule has 1 aromatic rings. The number of amides is 1. The molecule has 0 saturated carbocycles. The Morgan fingerprint density at radius 3 is 2.54 bits per heavy atom. The lowest BCUT2D eigenvalue weighted by Crippen LogP contribution is -2.45. The Morgan fingerprint density at radius 2 is 2.00 bits per heavy atom. The summed E-state index contributed by atoms with van der Waals surface area (Å²) in [6.45, 7) is 5.01. The van der Waals surface area contributed by atoms with Crippen molar-refractivity contribution < 1.29 is 23.2 Å². The van der Waals surface area contributed by atoms with E-state index in [2.05, 4.69) is 0 Å². The van der Waals surface area contributed by atoms with Gasteiger partial charge in [0.2, 0.25) is 0 Å². The summed E-state index contributed by atoms with van der Waals surface area (Å²) in [5.74, 6) is 0. The van der Waals surface area contributed by atoms with Gasteiger partial charge >= 0.3 is 6.09 Å². The highest BCUT2D eigenvalue weighted by Gasteiger charge is 2.39. The van der Waals surface area contributed by atoms with Crippen molar-refractivity contribution in [2.45, 2.75) is 50.2 Å². The number of nitrogens with one attached hydrogen (secondary N) is 1. The van der Waals surface area contributed by atoms with Gasteiger partial charge in [-0.1, -0.05) is 24.3 Å². The van der Waals surface area contributed by atoms with E-state index in [-0.39, 0.29) is 10.6 Å². The fourth-order valence-corrected chi connectivity index (χ4v) is 4.04. The number of hydrogen-bond acceptors (Lipinski definition) is 6. The third-order valence-electron chi connectivity index (χ3n) is 3.41. The van der Waals surface area contributed by atoms with Gasteiger partial charge < -0.3 is 4.74 Å². The molecule has 0 aromatic heterocycles. The van der Waals surface area contributed by atoms with Gasteiger partial charge in [0, 0.05) is 0 Å². The standard InChI is InChI=1S/C16H22N2O5S/c1-16(2,3)23-15(19)18(12-8-4-5-9-12)24(21,22)14-11-7-6-10-13(14)17-20/h4,6-8,10-12,17,20H,5,9H2,1-3H3. The van der Waals surface area contributed by atoms with E-state index in [1.807, 2.05) is 11.6 Å². The molecule has 0 aliphatic heterocycles. The molecule has 0 spiro atoms. The first-order valence-electron chi connectivity index (χ1n) is 7.60. The monoisotopic (exact) mass is 354 g/mol. The van der Waals surface area contributed by atoms with Crippen LogP contribution >= 0.6 is 0 Å². The molecule has 0 bridgehead atoms. The van der Waals surface area contributed by atoms with Crippen molar-refractivity contribution in [3.05, 3.63) is 36.4 Å². The van der Waals surface area contributed by atoms with Crippen LogP contribution in [0.2, 0.25) is 0 Å². The van der Waals surface area contributed by atoms with Gasteiger partial charge in [0.05, 0.1) is 11.7 Å². The van der Waals surface area contributed by atoms with Gasteiger partial charge in [-0.3, -0.25) is 10.7 Å². The zero-order valence-electron chi connectivity index (χ0n) is 13.9. The number of carbonyl (C=O) groups excluding carboxylic acids is 1. The summed E-state index contributed by atoms with van der Waals surface area (Å²) in [7, 11) is -4.21. The zero-order valence-corrected chi connectivity index (χ0v) is 14.7. The molecule has 7 nitrogen and oxygen atoms in total. The Kier molecular flexibility index (Phi) is 5.19. The maximum absolute atomic E-state index is 13.1. The molecule has 8 heteroatoms. The minimum Gasteiger partial charge on any atom is -0.443 e. The molecule has 2 N–H and O–H groups in total. The van der Waals surface area contributed by atoms with Gasteiger partial charge in [-0.15, -0.1) is 0 Å². The number of benzene rings is 1. The summed E-state index contributed by atoms with van der Waals surface area (Å²) < 4.78 is 32.2. The van der Waals surface area contributed by atoms with E-state index in [1.54, 1.807) is 32.9 Å². The van der Waals surface area contributed by atoms with E-state index < -0.39 is 27.8 Å². The Morgan fingerprint density at radius 1 is 1.33 bits per heavy atom. The summed E-state index contributed by atoms with van der Waals surface area (Å²) in [5, 5.41) is 9.19. The van der Waals surface area contributed by atoms with Crippen LogP contribution in [-0.2, 0) is 14.8 Å². The first-order chi connectivity index (χ1) is 11.2. The molecular weight excluding hydrogens is 332 g/mol. The molecule has 0 heterocycles. The molecule has 1 amide bonds. The second-order valence-corrected chi connectivity index (χ2v) is 8.25. The van der Waals surface area contributed by atoms with Gasteiger partial charge in [0.1, 0.15) is 10.5 Å². The highest BCUT2D eigenvalue weighted by atomic mass is 32.2. The predicted molar refractivity (Wildman–Crippen MR) is 89.3 cm³/mol. The van der Waals surface area contributed by atoms with E-state index in [4.69, 9.17) is 4.74 Å². The van der Waals surface area contributed by atoms with Gasteiger partial charge in [-0.2, -0.15) is 4.31 Å².